The molecular formula is C6H7FN2O3. The van der Waals surface area contributed by atoms with Crippen LogP contribution in [0.1, 0.15) is 0 Å². The molecule has 0 saturated carbocycles. The highest BCUT2D eigenvalue weighted by molar-refractivity contribution is 5.13. The molecule has 0 unspecified atom stereocenters. The number of aromatic nitrogens is 2. The van der Waals surface area contributed by atoms with Crippen LogP contribution in [-0.4, -0.2) is 24.2 Å². The minimum absolute atomic E-state index is 0.0850. The van der Waals surface area contributed by atoms with E-state index in [1.54, 1.807) is 0 Å². The van der Waals surface area contributed by atoms with Crippen LogP contribution >= 0.6 is 0 Å². The van der Waals surface area contributed by atoms with Crippen LogP contribution in [0.2, 0.25) is 0 Å². The highest BCUT2D eigenvalue weighted by atomic mass is 19.1. The summed E-state index contributed by atoms with van der Waals surface area (Å²) in [5, 5.41) is 0. The monoisotopic (exact) mass is 174 g/mol. The second kappa shape index (κ2) is 3.21. The minimum atomic E-state index is -1.06. The first kappa shape index (κ1) is 8.51. The minimum Gasteiger partial charge on any atom is -0.479 e. The van der Waals surface area contributed by atoms with Gasteiger partial charge in [0.05, 0.1) is 14.2 Å². The first-order chi connectivity index (χ1) is 5.69. The number of methoxy groups -OCH3 is 2. The summed E-state index contributed by atoms with van der Waals surface area (Å²) in [6.45, 7) is 0. The number of H-pyrrole nitrogens is 1. The highest BCUT2D eigenvalue weighted by Crippen LogP contribution is 2.10. The van der Waals surface area contributed by atoms with Crippen molar-refractivity contribution in [3.63, 3.8) is 0 Å². The average molecular weight is 174 g/mol. The normalized spacial score (nSPS) is 9.58. The van der Waals surface area contributed by atoms with Crippen molar-refractivity contribution in [2.45, 2.75) is 0 Å². The number of nitrogens with one attached hydrogen (secondary N) is 1. The molecule has 0 bridgehead atoms. The molecule has 0 amide bonds. The molecule has 1 rings (SSSR count). The summed E-state index contributed by atoms with van der Waals surface area (Å²) < 4.78 is 21.8. The maximum absolute atomic E-state index is 12.7. The van der Waals surface area contributed by atoms with Crippen molar-refractivity contribution < 1.29 is 13.9 Å². The van der Waals surface area contributed by atoms with Gasteiger partial charge in [0.25, 0.3) is 17.4 Å². The molecule has 0 aliphatic heterocycles. The lowest BCUT2D eigenvalue weighted by Gasteiger charge is -2.01. The zero-order valence-corrected chi connectivity index (χ0v) is 6.55. The predicted molar refractivity (Wildman–Crippen MR) is 37.9 cm³/mol. The molecule has 1 aromatic heterocycles. The molecule has 1 N–H and O–H groups in total. The molecule has 0 aliphatic rings. The van der Waals surface area contributed by atoms with E-state index in [9.17, 15) is 9.18 Å². The maximum atomic E-state index is 12.7. The van der Waals surface area contributed by atoms with Gasteiger partial charge in [-0.25, -0.2) is 0 Å². The molecule has 5 nitrogen and oxygen atoms in total. The Balaban J connectivity index is 3.29. The van der Waals surface area contributed by atoms with E-state index in [1.165, 1.54) is 14.2 Å². The Kier molecular flexibility index (Phi) is 2.27. The van der Waals surface area contributed by atoms with Crippen LogP contribution in [0.4, 0.5) is 4.39 Å². The standard InChI is InChI=1S/C6H7FN2O3/c1-11-5-3(7)4(10)8-6(9-5)12-2/h1-2H3,(H,8,9,10). The molecule has 0 radical (unpaired) electrons. The van der Waals surface area contributed by atoms with Gasteiger partial charge in [-0.3, -0.25) is 9.78 Å². The van der Waals surface area contributed by atoms with Gasteiger partial charge in [0.15, 0.2) is 0 Å². The zero-order chi connectivity index (χ0) is 9.14. The third kappa shape index (κ3) is 1.36. The molecule has 0 aliphatic carbocycles. The number of hydrogen-bond donors (Lipinski definition) is 1. The third-order valence-electron chi connectivity index (χ3n) is 1.20. The summed E-state index contributed by atoms with van der Waals surface area (Å²) in [7, 11) is 2.51. The molecular weight excluding hydrogens is 167 g/mol. The number of rotatable bonds is 2. The van der Waals surface area contributed by atoms with Crippen molar-refractivity contribution >= 4 is 0 Å². The largest absolute Gasteiger partial charge is 0.479 e. The first-order valence-corrected chi connectivity index (χ1v) is 3.07. The second-order valence-corrected chi connectivity index (χ2v) is 1.90. The molecule has 1 aromatic rings. The summed E-state index contributed by atoms with van der Waals surface area (Å²) in [4.78, 5) is 16.3. The highest BCUT2D eigenvalue weighted by Gasteiger charge is 2.10. The van der Waals surface area contributed by atoms with Crippen LogP contribution in [0.3, 0.4) is 0 Å². The molecule has 0 spiro atoms. The Labute approximate surface area is 67.2 Å². The average Bonchev–Trinajstić information content (AvgIpc) is 2.09. The Bertz CT molecular complexity index is 336. The fraction of sp³-hybridized carbons (Fsp3) is 0.333. The lowest BCUT2D eigenvalue weighted by Crippen LogP contribution is -2.14. The number of hydrogen-bond acceptors (Lipinski definition) is 4. The van der Waals surface area contributed by atoms with Gasteiger partial charge in [0.2, 0.25) is 5.82 Å². The summed E-state index contributed by atoms with van der Waals surface area (Å²) in [5.41, 5.74) is -0.918. The second-order valence-electron chi connectivity index (χ2n) is 1.90. The molecule has 1 heterocycles. The van der Waals surface area contributed by atoms with E-state index in [4.69, 9.17) is 0 Å². The molecule has 66 valence electrons. The van der Waals surface area contributed by atoms with Crippen LogP contribution in [0, 0.1) is 5.82 Å². The van der Waals surface area contributed by atoms with Crippen molar-refractivity contribution in [1.29, 1.82) is 0 Å². The smallest absolute Gasteiger partial charge is 0.299 e. The van der Waals surface area contributed by atoms with E-state index in [-0.39, 0.29) is 11.9 Å². The lowest BCUT2D eigenvalue weighted by molar-refractivity contribution is 0.330. The number of ether oxygens (including phenoxy) is 2. The summed E-state index contributed by atoms with van der Waals surface area (Å²) >= 11 is 0. The van der Waals surface area contributed by atoms with Crippen LogP contribution < -0.4 is 15.0 Å². The van der Waals surface area contributed by atoms with Gasteiger partial charge < -0.3 is 9.47 Å². The number of nitrogens with zero attached hydrogens (tertiary/aromatic N) is 1. The summed E-state index contributed by atoms with van der Waals surface area (Å²) in [5.74, 6) is -1.44. The van der Waals surface area contributed by atoms with Gasteiger partial charge in [0.1, 0.15) is 0 Å². The third-order valence-corrected chi connectivity index (χ3v) is 1.20. The zero-order valence-electron chi connectivity index (χ0n) is 6.55. The van der Waals surface area contributed by atoms with Crippen molar-refractivity contribution in [2.24, 2.45) is 0 Å². The Morgan fingerprint density at radius 1 is 1.42 bits per heavy atom. The van der Waals surface area contributed by atoms with Crippen LogP contribution in [-0.2, 0) is 0 Å². The van der Waals surface area contributed by atoms with Crippen molar-refractivity contribution in [3.8, 4) is 11.9 Å². The van der Waals surface area contributed by atoms with Gasteiger partial charge >= 0.3 is 0 Å². The van der Waals surface area contributed by atoms with Gasteiger partial charge in [-0.15, -0.1) is 0 Å². The number of halogens is 1. The Hall–Kier alpha value is -1.59. The Morgan fingerprint density at radius 2 is 2.08 bits per heavy atom. The molecule has 0 saturated heterocycles. The van der Waals surface area contributed by atoms with E-state index in [0.29, 0.717) is 0 Å². The van der Waals surface area contributed by atoms with E-state index < -0.39 is 11.4 Å². The maximum Gasteiger partial charge on any atom is 0.299 e. The molecule has 6 heteroatoms. The van der Waals surface area contributed by atoms with E-state index in [1.807, 2.05) is 0 Å². The van der Waals surface area contributed by atoms with Gasteiger partial charge in [-0.1, -0.05) is 0 Å². The van der Waals surface area contributed by atoms with Crippen LogP contribution in [0.15, 0.2) is 4.79 Å². The summed E-state index contributed by atoms with van der Waals surface area (Å²) in [6, 6.07) is -0.0850. The Morgan fingerprint density at radius 3 is 2.58 bits per heavy atom. The molecule has 12 heavy (non-hydrogen) atoms. The van der Waals surface area contributed by atoms with E-state index >= 15 is 0 Å². The van der Waals surface area contributed by atoms with Crippen LogP contribution in [0.5, 0.6) is 11.9 Å². The van der Waals surface area contributed by atoms with Gasteiger partial charge in [0, 0.05) is 0 Å². The van der Waals surface area contributed by atoms with Crippen molar-refractivity contribution in [2.75, 3.05) is 14.2 Å². The number of aromatic amines is 1. The topological polar surface area (TPSA) is 64.2 Å². The van der Waals surface area contributed by atoms with Crippen molar-refractivity contribution in [3.05, 3.63) is 16.2 Å². The van der Waals surface area contributed by atoms with Gasteiger partial charge in [-0.2, -0.15) is 9.37 Å². The predicted octanol–water partition coefficient (Wildman–Crippen LogP) is -0.0738. The quantitative estimate of drug-likeness (QED) is 0.681. The lowest BCUT2D eigenvalue weighted by atomic mass is 10.6. The SMILES string of the molecule is COc1nc(OC)c(F)c(=O)[nH]1. The van der Waals surface area contributed by atoms with Crippen LogP contribution in [0.25, 0.3) is 0 Å². The fourth-order valence-corrected chi connectivity index (χ4v) is 0.650. The molecule has 0 fully saturated rings. The summed E-state index contributed by atoms with van der Waals surface area (Å²) in [6.07, 6.45) is 0. The van der Waals surface area contributed by atoms with Crippen molar-refractivity contribution in [1.82, 2.24) is 9.97 Å². The molecule has 0 atom stereocenters. The first-order valence-electron chi connectivity index (χ1n) is 3.07. The van der Waals surface area contributed by atoms with Gasteiger partial charge in [-0.05, 0) is 0 Å². The molecule has 0 aromatic carbocycles. The fourth-order valence-electron chi connectivity index (χ4n) is 0.650. The van der Waals surface area contributed by atoms with E-state index in [2.05, 4.69) is 19.4 Å². The van der Waals surface area contributed by atoms with E-state index in [0.717, 1.165) is 0 Å².